The maximum absolute atomic E-state index is 9.44. The first-order valence-corrected chi connectivity index (χ1v) is 6.04. The zero-order valence-electron chi connectivity index (χ0n) is 10.5. The van der Waals surface area contributed by atoms with E-state index in [4.69, 9.17) is 5.26 Å². The molecule has 0 radical (unpaired) electrons. The molecule has 0 amide bonds. The quantitative estimate of drug-likeness (QED) is 0.790. The Morgan fingerprint density at radius 2 is 2.06 bits per heavy atom. The van der Waals surface area contributed by atoms with Crippen LogP contribution in [0.1, 0.15) is 37.8 Å². The van der Waals surface area contributed by atoms with Crippen molar-refractivity contribution in [3.63, 3.8) is 0 Å². The summed E-state index contributed by atoms with van der Waals surface area (Å²) in [6, 6.07) is 9.67. The summed E-state index contributed by atoms with van der Waals surface area (Å²) in [6.45, 7) is 4.95. The highest BCUT2D eigenvalue weighted by atomic mass is 16.3. The van der Waals surface area contributed by atoms with E-state index in [1.165, 1.54) is 0 Å². The Hall–Kier alpha value is -1.37. The Morgan fingerprint density at radius 3 is 2.59 bits per heavy atom. The van der Waals surface area contributed by atoms with Crippen molar-refractivity contribution >= 4 is 0 Å². The van der Waals surface area contributed by atoms with Crippen molar-refractivity contribution in [1.29, 1.82) is 5.26 Å². The van der Waals surface area contributed by atoms with Crippen LogP contribution in [0.4, 0.5) is 0 Å². The maximum Gasteiger partial charge on any atom is 0.0991 e. The second kappa shape index (κ2) is 6.39. The Balaban J connectivity index is 2.69. The van der Waals surface area contributed by atoms with Crippen molar-refractivity contribution in [3.05, 3.63) is 35.4 Å². The second-order valence-corrected chi connectivity index (χ2v) is 4.31. The predicted octanol–water partition coefficient (Wildman–Crippen LogP) is 2.20. The molecule has 0 fully saturated rings. The van der Waals surface area contributed by atoms with Gasteiger partial charge in [0.2, 0.25) is 0 Å². The summed E-state index contributed by atoms with van der Waals surface area (Å²) in [4.78, 5) is 0. The molecule has 0 saturated carbocycles. The lowest BCUT2D eigenvalue weighted by atomic mass is 9.93. The molecule has 1 aromatic rings. The first-order valence-electron chi connectivity index (χ1n) is 6.04. The van der Waals surface area contributed by atoms with Crippen molar-refractivity contribution < 1.29 is 5.11 Å². The number of rotatable bonds is 6. The summed E-state index contributed by atoms with van der Waals surface area (Å²) in [5.74, 6) is 0. The molecule has 0 bridgehead atoms. The molecule has 0 aliphatic heterocycles. The normalized spacial score (nSPS) is 11.2. The number of aliphatic hydroxyl groups excluding tert-OH is 1. The molecular formula is C14H20N2O. The minimum absolute atomic E-state index is 0.137. The molecule has 3 nitrogen and oxygen atoms in total. The van der Waals surface area contributed by atoms with Crippen LogP contribution in [0, 0.1) is 11.3 Å². The van der Waals surface area contributed by atoms with Crippen LogP contribution in [0.15, 0.2) is 24.3 Å². The number of hydrogen-bond donors (Lipinski definition) is 2. The Morgan fingerprint density at radius 1 is 1.35 bits per heavy atom. The lowest BCUT2D eigenvalue weighted by molar-refractivity contribution is 0.149. The topological polar surface area (TPSA) is 56.0 Å². The largest absolute Gasteiger partial charge is 0.394 e. The van der Waals surface area contributed by atoms with Crippen LogP contribution in [0.5, 0.6) is 0 Å². The van der Waals surface area contributed by atoms with E-state index < -0.39 is 0 Å². The van der Waals surface area contributed by atoms with Crippen LogP contribution in [0.25, 0.3) is 0 Å². The van der Waals surface area contributed by atoms with E-state index in [1.54, 1.807) is 6.07 Å². The van der Waals surface area contributed by atoms with Gasteiger partial charge in [-0.05, 0) is 30.5 Å². The third kappa shape index (κ3) is 3.55. The molecular weight excluding hydrogens is 212 g/mol. The fourth-order valence-corrected chi connectivity index (χ4v) is 1.82. The van der Waals surface area contributed by atoms with Crippen molar-refractivity contribution in [2.24, 2.45) is 0 Å². The first-order chi connectivity index (χ1) is 8.19. The third-order valence-corrected chi connectivity index (χ3v) is 3.38. The fraction of sp³-hybridized carbons (Fsp3) is 0.500. The molecule has 0 aliphatic rings. The molecule has 0 atom stereocenters. The van der Waals surface area contributed by atoms with Crippen molar-refractivity contribution in [2.45, 2.75) is 38.8 Å². The van der Waals surface area contributed by atoms with Gasteiger partial charge in [-0.1, -0.05) is 26.0 Å². The van der Waals surface area contributed by atoms with E-state index in [0.29, 0.717) is 12.1 Å². The summed E-state index contributed by atoms with van der Waals surface area (Å²) >= 11 is 0. The average molecular weight is 232 g/mol. The lowest BCUT2D eigenvalue weighted by Gasteiger charge is -2.31. The van der Waals surface area contributed by atoms with Crippen LogP contribution in [-0.2, 0) is 6.54 Å². The summed E-state index contributed by atoms with van der Waals surface area (Å²) in [7, 11) is 0. The zero-order chi connectivity index (χ0) is 12.7. The first kappa shape index (κ1) is 13.7. The minimum Gasteiger partial charge on any atom is -0.394 e. The zero-order valence-corrected chi connectivity index (χ0v) is 10.5. The average Bonchev–Trinajstić information content (AvgIpc) is 2.41. The molecule has 0 unspecified atom stereocenters. The van der Waals surface area contributed by atoms with E-state index in [1.807, 2.05) is 18.2 Å². The van der Waals surface area contributed by atoms with Crippen molar-refractivity contribution in [2.75, 3.05) is 6.61 Å². The van der Waals surface area contributed by atoms with Gasteiger partial charge in [-0.3, -0.25) is 0 Å². The molecule has 17 heavy (non-hydrogen) atoms. The Bertz CT molecular complexity index is 383. The van der Waals surface area contributed by atoms with Gasteiger partial charge in [0.1, 0.15) is 0 Å². The van der Waals surface area contributed by atoms with Gasteiger partial charge in [-0.15, -0.1) is 0 Å². The summed E-state index contributed by atoms with van der Waals surface area (Å²) in [5, 5.41) is 21.6. The van der Waals surface area contributed by atoms with Crippen molar-refractivity contribution in [3.8, 4) is 6.07 Å². The Labute approximate surface area is 103 Å². The number of hydrogen-bond acceptors (Lipinski definition) is 3. The van der Waals surface area contributed by atoms with Crippen LogP contribution in [0.3, 0.4) is 0 Å². The maximum atomic E-state index is 9.44. The number of aliphatic hydroxyl groups is 1. The smallest absolute Gasteiger partial charge is 0.0991 e. The van der Waals surface area contributed by atoms with Gasteiger partial charge in [0.05, 0.1) is 18.2 Å². The van der Waals surface area contributed by atoms with E-state index in [2.05, 4.69) is 25.2 Å². The molecule has 2 N–H and O–H groups in total. The number of nitriles is 1. The van der Waals surface area contributed by atoms with Crippen LogP contribution < -0.4 is 5.32 Å². The van der Waals surface area contributed by atoms with E-state index >= 15 is 0 Å². The van der Waals surface area contributed by atoms with Gasteiger partial charge in [0.25, 0.3) is 0 Å². The molecule has 0 aliphatic carbocycles. The van der Waals surface area contributed by atoms with Gasteiger partial charge in [0.15, 0.2) is 0 Å². The SMILES string of the molecule is CCC(CC)(CO)NCc1cccc(C#N)c1. The monoisotopic (exact) mass is 232 g/mol. The minimum atomic E-state index is -0.206. The standard InChI is InChI=1S/C14H20N2O/c1-3-14(4-2,11-17)16-10-13-7-5-6-12(8-13)9-15/h5-8,16-17H,3-4,10-11H2,1-2H3. The van der Waals surface area contributed by atoms with Crippen LogP contribution in [0.2, 0.25) is 0 Å². The van der Waals surface area contributed by atoms with E-state index in [-0.39, 0.29) is 12.1 Å². The van der Waals surface area contributed by atoms with Crippen LogP contribution in [-0.4, -0.2) is 17.3 Å². The number of nitrogens with zero attached hydrogens (tertiary/aromatic N) is 1. The molecule has 0 heterocycles. The van der Waals surface area contributed by atoms with Gasteiger partial charge >= 0.3 is 0 Å². The predicted molar refractivity (Wildman–Crippen MR) is 68.4 cm³/mol. The van der Waals surface area contributed by atoms with Crippen molar-refractivity contribution in [1.82, 2.24) is 5.32 Å². The molecule has 3 heteroatoms. The van der Waals surface area contributed by atoms with Gasteiger partial charge in [0, 0.05) is 12.1 Å². The second-order valence-electron chi connectivity index (χ2n) is 4.31. The number of nitrogens with one attached hydrogen (secondary N) is 1. The highest BCUT2D eigenvalue weighted by Gasteiger charge is 2.23. The highest BCUT2D eigenvalue weighted by Crippen LogP contribution is 2.15. The lowest BCUT2D eigenvalue weighted by Crippen LogP contribution is -2.47. The molecule has 0 aromatic heterocycles. The highest BCUT2D eigenvalue weighted by molar-refractivity contribution is 5.32. The number of benzene rings is 1. The molecule has 0 saturated heterocycles. The third-order valence-electron chi connectivity index (χ3n) is 3.38. The summed E-state index contributed by atoms with van der Waals surface area (Å²) in [5.41, 5.74) is 1.54. The summed E-state index contributed by atoms with van der Waals surface area (Å²) in [6.07, 6.45) is 1.77. The van der Waals surface area contributed by atoms with Crippen LogP contribution >= 0.6 is 0 Å². The molecule has 92 valence electrons. The van der Waals surface area contributed by atoms with E-state index in [9.17, 15) is 5.11 Å². The van der Waals surface area contributed by atoms with Gasteiger partial charge in [-0.25, -0.2) is 0 Å². The fourth-order valence-electron chi connectivity index (χ4n) is 1.82. The molecule has 1 rings (SSSR count). The Kier molecular flexibility index (Phi) is 5.14. The molecule has 1 aromatic carbocycles. The molecule has 0 spiro atoms. The summed E-state index contributed by atoms with van der Waals surface area (Å²) < 4.78 is 0. The van der Waals surface area contributed by atoms with Gasteiger partial charge < -0.3 is 10.4 Å². The van der Waals surface area contributed by atoms with Gasteiger partial charge in [-0.2, -0.15) is 5.26 Å². The van der Waals surface area contributed by atoms with E-state index in [0.717, 1.165) is 18.4 Å².